The molecular formula is C20H22F3N7O3. The fraction of sp³-hybridized carbons (Fsp3) is 0.400. The van der Waals surface area contributed by atoms with Crippen LogP contribution in [0.25, 0.3) is 16.9 Å². The predicted molar refractivity (Wildman–Crippen MR) is 113 cm³/mol. The molecule has 176 valence electrons. The number of morpholine rings is 1. The maximum Gasteiger partial charge on any atom is 0.417 e. The lowest BCUT2D eigenvalue weighted by atomic mass is 10.1. The van der Waals surface area contributed by atoms with E-state index < -0.39 is 11.7 Å². The minimum Gasteiger partial charge on any atom is -0.384 e. The van der Waals surface area contributed by atoms with E-state index in [4.69, 9.17) is 15.2 Å². The van der Waals surface area contributed by atoms with Gasteiger partial charge in [0.15, 0.2) is 11.6 Å². The summed E-state index contributed by atoms with van der Waals surface area (Å²) < 4.78 is 52.8. The number of nitrogen functional groups attached to an aromatic ring is 1. The van der Waals surface area contributed by atoms with Gasteiger partial charge in [-0.3, -0.25) is 4.79 Å². The molecule has 1 saturated heterocycles. The summed E-state index contributed by atoms with van der Waals surface area (Å²) in [5.41, 5.74) is 4.96. The smallest absolute Gasteiger partial charge is 0.384 e. The van der Waals surface area contributed by atoms with Crippen molar-refractivity contribution >= 4 is 23.1 Å². The molecule has 0 atom stereocenters. The van der Waals surface area contributed by atoms with Crippen LogP contribution in [0.4, 0.5) is 24.8 Å². The first kappa shape index (κ1) is 22.7. The number of fused-ring (bicyclic) bond motifs is 1. The number of ether oxygens (including phenoxy) is 2. The Morgan fingerprint density at radius 3 is 2.76 bits per heavy atom. The van der Waals surface area contributed by atoms with Gasteiger partial charge < -0.3 is 25.4 Å². The fourth-order valence-corrected chi connectivity index (χ4v) is 3.48. The van der Waals surface area contributed by atoms with E-state index in [-0.39, 0.29) is 23.1 Å². The minimum atomic E-state index is -4.69. The lowest BCUT2D eigenvalue weighted by Gasteiger charge is -2.28. The van der Waals surface area contributed by atoms with Crippen molar-refractivity contribution in [3.8, 4) is 11.4 Å². The summed E-state index contributed by atoms with van der Waals surface area (Å²) in [5.74, 6) is -0.427. The van der Waals surface area contributed by atoms with Crippen LogP contribution >= 0.6 is 0 Å². The number of hydrogen-bond acceptors (Lipinski definition) is 8. The van der Waals surface area contributed by atoms with Crippen molar-refractivity contribution in [2.75, 3.05) is 57.2 Å². The highest BCUT2D eigenvalue weighted by molar-refractivity contribution is 5.96. The molecule has 0 saturated carbocycles. The van der Waals surface area contributed by atoms with Crippen molar-refractivity contribution in [3.63, 3.8) is 0 Å². The Bertz CT molecular complexity index is 1160. The molecule has 1 fully saturated rings. The number of aromatic nitrogens is 4. The number of carbonyl (C=O) groups excluding carboxylic acids is 1. The van der Waals surface area contributed by atoms with Crippen LogP contribution in [-0.2, 0) is 15.7 Å². The maximum atomic E-state index is 13.7. The first-order chi connectivity index (χ1) is 15.8. The Labute approximate surface area is 186 Å². The van der Waals surface area contributed by atoms with E-state index in [1.807, 2.05) is 4.90 Å². The first-order valence-electron chi connectivity index (χ1n) is 10.1. The summed E-state index contributed by atoms with van der Waals surface area (Å²) >= 11 is 0. The highest BCUT2D eigenvalue weighted by Gasteiger charge is 2.35. The topological polar surface area (TPSA) is 120 Å². The van der Waals surface area contributed by atoms with Gasteiger partial charge in [-0.05, 0) is 12.1 Å². The lowest BCUT2D eigenvalue weighted by molar-refractivity contribution is -0.137. The van der Waals surface area contributed by atoms with Gasteiger partial charge in [-0.2, -0.15) is 13.2 Å². The molecule has 0 unspecified atom stereocenters. The number of halogens is 3. The minimum absolute atomic E-state index is 0.189. The molecule has 4 heterocycles. The molecular weight excluding hydrogens is 443 g/mol. The normalized spacial score (nSPS) is 14.6. The Hall–Kier alpha value is -3.45. The van der Waals surface area contributed by atoms with Crippen molar-refractivity contribution in [1.29, 1.82) is 0 Å². The number of methoxy groups -OCH3 is 1. The quantitative estimate of drug-likeness (QED) is 0.527. The van der Waals surface area contributed by atoms with Crippen LogP contribution in [0, 0.1) is 0 Å². The summed E-state index contributed by atoms with van der Waals surface area (Å²) in [5, 5.41) is 6.98. The monoisotopic (exact) mass is 465 g/mol. The van der Waals surface area contributed by atoms with E-state index in [1.165, 1.54) is 17.8 Å². The van der Waals surface area contributed by atoms with Crippen molar-refractivity contribution in [1.82, 2.24) is 24.9 Å². The summed E-state index contributed by atoms with van der Waals surface area (Å²) in [4.78, 5) is 22.7. The Kier molecular flexibility index (Phi) is 6.33. The molecule has 0 spiro atoms. The standard InChI is InChI=1S/C20H22F3N7O3/c1-32-5-2-25-19(31)12-8-15-18(29-3-6-33-7-4-29)27-17(28-30(15)11-12)13-10-26-16(24)9-14(13)20(21,22)23/h8-11H,2-7H2,1H3,(H2,24,26)(H,25,31). The number of nitrogens with zero attached hydrogens (tertiary/aromatic N) is 5. The van der Waals surface area contributed by atoms with Crippen molar-refractivity contribution in [3.05, 3.63) is 35.7 Å². The third kappa shape index (κ3) is 4.83. The number of amides is 1. The van der Waals surface area contributed by atoms with Crippen molar-refractivity contribution in [2.45, 2.75) is 6.18 Å². The molecule has 0 radical (unpaired) electrons. The zero-order chi connectivity index (χ0) is 23.6. The highest BCUT2D eigenvalue weighted by Crippen LogP contribution is 2.37. The van der Waals surface area contributed by atoms with Gasteiger partial charge in [0.2, 0.25) is 0 Å². The van der Waals surface area contributed by atoms with Crippen LogP contribution in [0.1, 0.15) is 15.9 Å². The number of pyridine rings is 1. The van der Waals surface area contributed by atoms with Crippen molar-refractivity contribution in [2.24, 2.45) is 0 Å². The van der Waals surface area contributed by atoms with Gasteiger partial charge in [0.1, 0.15) is 11.3 Å². The van der Waals surface area contributed by atoms with E-state index in [0.29, 0.717) is 56.4 Å². The largest absolute Gasteiger partial charge is 0.417 e. The summed E-state index contributed by atoms with van der Waals surface area (Å²) in [6, 6.07) is 2.35. The van der Waals surface area contributed by atoms with Gasteiger partial charge >= 0.3 is 6.18 Å². The third-order valence-electron chi connectivity index (χ3n) is 5.08. The summed E-state index contributed by atoms with van der Waals surface area (Å²) in [7, 11) is 1.52. The van der Waals surface area contributed by atoms with Gasteiger partial charge in [0.25, 0.3) is 5.91 Å². The average molecular weight is 465 g/mol. The Morgan fingerprint density at radius 1 is 1.30 bits per heavy atom. The molecule has 3 N–H and O–H groups in total. The molecule has 10 nitrogen and oxygen atoms in total. The van der Waals surface area contributed by atoms with Gasteiger partial charge in [-0.25, -0.2) is 14.5 Å². The number of nitrogens with two attached hydrogens (primary N) is 1. The Morgan fingerprint density at radius 2 is 2.06 bits per heavy atom. The summed E-state index contributed by atoms with van der Waals surface area (Å²) in [6.07, 6.45) is -2.23. The predicted octanol–water partition coefficient (Wildman–Crippen LogP) is 1.61. The van der Waals surface area contributed by atoms with E-state index in [1.54, 1.807) is 6.07 Å². The van der Waals surface area contributed by atoms with Crippen LogP contribution in [0.15, 0.2) is 24.5 Å². The third-order valence-corrected chi connectivity index (χ3v) is 5.08. The molecule has 0 aliphatic carbocycles. The molecule has 4 rings (SSSR count). The molecule has 0 aromatic carbocycles. The highest BCUT2D eigenvalue weighted by atomic mass is 19.4. The molecule has 1 aliphatic heterocycles. The SMILES string of the molecule is COCCNC(=O)c1cc2c(N3CCOCC3)nc(-c3cnc(N)cc3C(F)(F)F)nn2c1. The molecule has 13 heteroatoms. The average Bonchev–Trinajstić information content (AvgIpc) is 3.23. The van der Waals surface area contributed by atoms with Gasteiger partial charge in [0, 0.05) is 39.1 Å². The van der Waals surface area contributed by atoms with Crippen molar-refractivity contribution < 1.29 is 27.4 Å². The molecule has 0 bridgehead atoms. The van der Waals surface area contributed by atoms with Crippen LogP contribution in [0.2, 0.25) is 0 Å². The zero-order valence-corrected chi connectivity index (χ0v) is 17.7. The first-order valence-corrected chi connectivity index (χ1v) is 10.1. The Balaban J connectivity index is 1.84. The van der Waals surface area contributed by atoms with Gasteiger partial charge in [-0.15, -0.1) is 5.10 Å². The summed E-state index contributed by atoms with van der Waals surface area (Å²) in [6.45, 7) is 2.49. The van der Waals surface area contributed by atoms with E-state index in [9.17, 15) is 18.0 Å². The second kappa shape index (κ2) is 9.19. The number of carbonyl (C=O) groups is 1. The van der Waals surface area contributed by atoms with Crippen LogP contribution < -0.4 is 16.0 Å². The van der Waals surface area contributed by atoms with Crippen LogP contribution in [0.3, 0.4) is 0 Å². The van der Waals surface area contributed by atoms with E-state index in [0.717, 1.165) is 12.3 Å². The van der Waals surface area contributed by atoms with Gasteiger partial charge in [-0.1, -0.05) is 0 Å². The van der Waals surface area contributed by atoms with Gasteiger partial charge in [0.05, 0.1) is 36.5 Å². The number of nitrogens with one attached hydrogen (secondary N) is 1. The number of anilines is 2. The molecule has 1 amide bonds. The second-order valence-corrected chi connectivity index (χ2v) is 7.32. The molecule has 33 heavy (non-hydrogen) atoms. The number of hydrogen-bond donors (Lipinski definition) is 2. The lowest BCUT2D eigenvalue weighted by Crippen LogP contribution is -2.37. The van der Waals surface area contributed by atoms with Crippen LogP contribution in [0.5, 0.6) is 0 Å². The number of rotatable bonds is 6. The zero-order valence-electron chi connectivity index (χ0n) is 17.7. The van der Waals surface area contributed by atoms with Crippen LogP contribution in [-0.4, -0.2) is 72.1 Å². The maximum absolute atomic E-state index is 13.7. The molecule has 3 aromatic rings. The molecule has 1 aliphatic rings. The van der Waals surface area contributed by atoms with E-state index in [2.05, 4.69) is 20.4 Å². The van der Waals surface area contributed by atoms with E-state index >= 15 is 0 Å². The number of alkyl halides is 3. The fourth-order valence-electron chi connectivity index (χ4n) is 3.48. The second-order valence-electron chi connectivity index (χ2n) is 7.32. The molecule has 3 aromatic heterocycles.